The van der Waals surface area contributed by atoms with E-state index in [-0.39, 0.29) is 5.75 Å². The van der Waals surface area contributed by atoms with Crippen molar-refractivity contribution in [3.05, 3.63) is 28.8 Å². The molecule has 0 saturated heterocycles. The van der Waals surface area contributed by atoms with Crippen LogP contribution in [0.15, 0.2) is 18.2 Å². The molecule has 0 radical (unpaired) electrons. The Labute approximate surface area is 127 Å². The van der Waals surface area contributed by atoms with E-state index >= 15 is 0 Å². The van der Waals surface area contributed by atoms with E-state index in [2.05, 4.69) is 23.9 Å². The van der Waals surface area contributed by atoms with Gasteiger partial charge in [0.2, 0.25) is 0 Å². The van der Waals surface area contributed by atoms with E-state index in [1.807, 2.05) is 12.1 Å². The fraction of sp³-hybridized carbons (Fsp3) is 0.625. The van der Waals surface area contributed by atoms with Crippen molar-refractivity contribution < 1.29 is 5.11 Å². The molecule has 3 nitrogen and oxygen atoms in total. The van der Waals surface area contributed by atoms with E-state index in [9.17, 15) is 5.11 Å². The number of phenolic OH excluding ortho intramolecular Hbond substituents is 1. The maximum absolute atomic E-state index is 9.48. The summed E-state index contributed by atoms with van der Waals surface area (Å²) in [5.74, 6) is 1.05. The molecule has 0 heterocycles. The molecule has 0 spiro atoms. The number of phenols is 1. The summed E-state index contributed by atoms with van der Waals surface area (Å²) in [7, 11) is 4.23. The van der Waals surface area contributed by atoms with Crippen LogP contribution in [-0.2, 0) is 6.54 Å². The van der Waals surface area contributed by atoms with Crippen molar-refractivity contribution in [2.75, 3.05) is 33.7 Å². The highest BCUT2D eigenvalue weighted by molar-refractivity contribution is 6.32. The third-order valence-electron chi connectivity index (χ3n) is 3.71. The number of halogens is 1. The fourth-order valence-corrected chi connectivity index (χ4v) is 2.62. The van der Waals surface area contributed by atoms with E-state index in [4.69, 9.17) is 11.6 Å². The Morgan fingerprint density at radius 2 is 2.00 bits per heavy atom. The Balaban J connectivity index is 1.89. The molecular weight excluding hydrogens is 272 g/mol. The van der Waals surface area contributed by atoms with Crippen LogP contribution >= 0.6 is 11.6 Å². The van der Waals surface area contributed by atoms with Gasteiger partial charge >= 0.3 is 0 Å². The van der Waals surface area contributed by atoms with Crippen molar-refractivity contribution in [3.63, 3.8) is 0 Å². The molecule has 2 rings (SSSR count). The van der Waals surface area contributed by atoms with Crippen molar-refractivity contribution in [2.45, 2.75) is 25.8 Å². The Hall–Kier alpha value is -0.770. The lowest BCUT2D eigenvalue weighted by molar-refractivity contribution is 0.238. The lowest BCUT2D eigenvalue weighted by atomic mass is 10.2. The first-order valence-corrected chi connectivity index (χ1v) is 7.77. The molecule has 20 heavy (non-hydrogen) atoms. The number of nitrogens with zero attached hydrogens (tertiary/aromatic N) is 2. The van der Waals surface area contributed by atoms with E-state index in [1.54, 1.807) is 6.07 Å². The number of hydrogen-bond donors (Lipinski definition) is 1. The minimum atomic E-state index is 0.164. The third-order valence-corrected chi connectivity index (χ3v) is 4.01. The Bertz CT molecular complexity index is 432. The van der Waals surface area contributed by atoms with Gasteiger partial charge in [-0.25, -0.2) is 0 Å². The zero-order chi connectivity index (χ0) is 14.5. The molecule has 0 unspecified atom stereocenters. The second kappa shape index (κ2) is 7.30. The van der Waals surface area contributed by atoms with Gasteiger partial charge in [0.15, 0.2) is 0 Å². The van der Waals surface area contributed by atoms with Gasteiger partial charge in [-0.3, -0.25) is 4.90 Å². The van der Waals surface area contributed by atoms with Gasteiger partial charge in [-0.1, -0.05) is 17.7 Å². The van der Waals surface area contributed by atoms with Gasteiger partial charge in [-0.05, 0) is 70.1 Å². The summed E-state index contributed by atoms with van der Waals surface area (Å²) >= 11 is 5.99. The normalized spacial score (nSPS) is 15.2. The summed E-state index contributed by atoms with van der Waals surface area (Å²) in [6.07, 6.45) is 3.94. The van der Waals surface area contributed by atoms with Gasteiger partial charge in [-0.15, -0.1) is 0 Å². The zero-order valence-electron chi connectivity index (χ0n) is 12.5. The average Bonchev–Trinajstić information content (AvgIpc) is 3.17. The summed E-state index contributed by atoms with van der Waals surface area (Å²) in [4.78, 5) is 4.75. The molecule has 0 aromatic heterocycles. The van der Waals surface area contributed by atoms with Crippen LogP contribution in [0.25, 0.3) is 0 Å². The molecule has 0 amide bonds. The lowest BCUT2D eigenvalue weighted by Gasteiger charge is -2.23. The minimum absolute atomic E-state index is 0.164. The fourth-order valence-electron chi connectivity index (χ4n) is 2.42. The summed E-state index contributed by atoms with van der Waals surface area (Å²) in [5.41, 5.74) is 1.18. The monoisotopic (exact) mass is 296 g/mol. The second-order valence-electron chi connectivity index (χ2n) is 6.12. The summed E-state index contributed by atoms with van der Waals surface area (Å²) < 4.78 is 0. The Kier molecular flexibility index (Phi) is 5.70. The first-order chi connectivity index (χ1) is 9.54. The number of hydrogen-bond acceptors (Lipinski definition) is 3. The standard InChI is InChI=1S/C16H25ClN2O/c1-18(2)8-3-9-19(11-13-4-5-13)12-14-6-7-16(20)15(17)10-14/h6-7,10,13,20H,3-5,8-9,11-12H2,1-2H3. The second-order valence-corrected chi connectivity index (χ2v) is 6.53. The first-order valence-electron chi connectivity index (χ1n) is 7.39. The van der Waals surface area contributed by atoms with Gasteiger partial charge in [0.1, 0.15) is 5.75 Å². The Morgan fingerprint density at radius 3 is 2.60 bits per heavy atom. The number of aromatic hydroxyl groups is 1. The molecule has 1 aromatic rings. The highest BCUT2D eigenvalue weighted by Gasteiger charge is 2.24. The summed E-state index contributed by atoms with van der Waals surface area (Å²) in [6, 6.07) is 5.53. The molecule has 0 bridgehead atoms. The van der Waals surface area contributed by atoms with Gasteiger partial charge in [0.25, 0.3) is 0 Å². The van der Waals surface area contributed by atoms with Crippen molar-refractivity contribution >= 4 is 11.6 Å². The Morgan fingerprint density at radius 1 is 1.25 bits per heavy atom. The molecule has 1 aliphatic carbocycles. The predicted molar refractivity (Wildman–Crippen MR) is 84.3 cm³/mol. The highest BCUT2D eigenvalue weighted by atomic mass is 35.5. The summed E-state index contributed by atoms with van der Waals surface area (Å²) in [5, 5.41) is 9.93. The lowest BCUT2D eigenvalue weighted by Crippen LogP contribution is -2.29. The van der Waals surface area contributed by atoms with Gasteiger partial charge in [0, 0.05) is 13.1 Å². The molecule has 112 valence electrons. The maximum atomic E-state index is 9.48. The van der Waals surface area contributed by atoms with Crippen molar-refractivity contribution in [1.29, 1.82) is 0 Å². The largest absolute Gasteiger partial charge is 0.506 e. The minimum Gasteiger partial charge on any atom is -0.506 e. The van der Waals surface area contributed by atoms with Gasteiger partial charge < -0.3 is 10.0 Å². The molecule has 1 N–H and O–H groups in total. The number of benzene rings is 1. The topological polar surface area (TPSA) is 26.7 Å². The van der Waals surface area contributed by atoms with Crippen LogP contribution in [0.4, 0.5) is 0 Å². The molecule has 1 saturated carbocycles. The molecule has 1 aromatic carbocycles. The molecule has 4 heteroatoms. The van der Waals surface area contributed by atoms with Crippen LogP contribution < -0.4 is 0 Å². The van der Waals surface area contributed by atoms with Crippen molar-refractivity contribution in [3.8, 4) is 5.75 Å². The first kappa shape index (κ1) is 15.6. The number of rotatable bonds is 8. The predicted octanol–water partition coefficient (Wildman–Crippen LogP) is 3.21. The van der Waals surface area contributed by atoms with E-state index in [1.165, 1.54) is 31.4 Å². The average molecular weight is 297 g/mol. The molecule has 1 fully saturated rings. The molecule has 0 aliphatic heterocycles. The molecular formula is C16H25ClN2O. The molecule has 0 atom stereocenters. The highest BCUT2D eigenvalue weighted by Crippen LogP contribution is 2.31. The van der Waals surface area contributed by atoms with Crippen LogP contribution in [0.3, 0.4) is 0 Å². The van der Waals surface area contributed by atoms with E-state index in [0.717, 1.165) is 25.6 Å². The quantitative estimate of drug-likeness (QED) is 0.798. The van der Waals surface area contributed by atoms with Crippen LogP contribution in [0.1, 0.15) is 24.8 Å². The van der Waals surface area contributed by atoms with Crippen molar-refractivity contribution in [1.82, 2.24) is 9.80 Å². The van der Waals surface area contributed by atoms with Crippen LogP contribution in [-0.4, -0.2) is 48.6 Å². The summed E-state index contributed by atoms with van der Waals surface area (Å²) in [6.45, 7) is 4.35. The van der Waals surface area contributed by atoms with Gasteiger partial charge in [0.05, 0.1) is 5.02 Å². The smallest absolute Gasteiger partial charge is 0.134 e. The van der Waals surface area contributed by atoms with Crippen molar-refractivity contribution in [2.24, 2.45) is 5.92 Å². The van der Waals surface area contributed by atoms with Gasteiger partial charge in [-0.2, -0.15) is 0 Å². The van der Waals surface area contributed by atoms with Crippen LogP contribution in [0, 0.1) is 5.92 Å². The SMILES string of the molecule is CN(C)CCCN(Cc1ccc(O)c(Cl)c1)CC1CC1. The zero-order valence-corrected chi connectivity index (χ0v) is 13.2. The van der Waals surface area contributed by atoms with E-state index in [0.29, 0.717) is 5.02 Å². The van der Waals surface area contributed by atoms with Crippen LogP contribution in [0.5, 0.6) is 5.75 Å². The molecule has 1 aliphatic rings. The third kappa shape index (κ3) is 5.31. The van der Waals surface area contributed by atoms with E-state index < -0.39 is 0 Å². The van der Waals surface area contributed by atoms with Crippen LogP contribution in [0.2, 0.25) is 5.02 Å². The maximum Gasteiger partial charge on any atom is 0.134 e.